The molecule has 88 valence electrons. The molecule has 1 nitrogen and oxygen atoms in total. The molecule has 0 aliphatic carbocycles. The minimum Gasteiger partial charge on any atom is -0.316 e. The van der Waals surface area contributed by atoms with Crippen molar-refractivity contribution in [3.63, 3.8) is 0 Å². The number of halogens is 2. The molecule has 2 rings (SSSR count). The van der Waals surface area contributed by atoms with Crippen LogP contribution in [-0.4, -0.2) is 13.1 Å². The largest absolute Gasteiger partial charge is 0.316 e. The van der Waals surface area contributed by atoms with Crippen LogP contribution in [0.25, 0.3) is 0 Å². The summed E-state index contributed by atoms with van der Waals surface area (Å²) in [5, 5.41) is 3.82. The lowest BCUT2D eigenvalue weighted by Gasteiger charge is -2.31. The Morgan fingerprint density at radius 2 is 2.19 bits per heavy atom. The van der Waals surface area contributed by atoms with Gasteiger partial charge in [0.25, 0.3) is 0 Å². The molecule has 1 aliphatic rings. The van der Waals surface area contributed by atoms with Crippen LogP contribution in [0.15, 0.2) is 12.1 Å². The Kier molecular flexibility index (Phi) is 3.50. The standard InChI is InChI=1S/C13H17ClFN/c1-8-5-10(14)6-12(15)13(8)11-3-4-16-7-9(11)2/h5-6,9,11,16H,3-4,7H2,1-2H3/t9-,11?/m1/s1. The van der Waals surface area contributed by atoms with Crippen molar-refractivity contribution in [1.82, 2.24) is 5.32 Å². The molecule has 1 fully saturated rings. The molecule has 2 atom stereocenters. The molecule has 1 heterocycles. The zero-order chi connectivity index (χ0) is 11.7. The van der Waals surface area contributed by atoms with E-state index in [-0.39, 0.29) is 5.82 Å². The number of hydrogen-bond acceptors (Lipinski definition) is 1. The molecule has 1 saturated heterocycles. The summed E-state index contributed by atoms with van der Waals surface area (Å²) in [5.74, 6) is 0.644. The molecule has 1 aromatic rings. The van der Waals surface area contributed by atoms with Gasteiger partial charge < -0.3 is 5.32 Å². The summed E-state index contributed by atoms with van der Waals surface area (Å²) in [6, 6.07) is 3.29. The fraction of sp³-hybridized carbons (Fsp3) is 0.538. The van der Waals surface area contributed by atoms with E-state index in [1.807, 2.05) is 13.0 Å². The molecule has 16 heavy (non-hydrogen) atoms. The molecule has 0 radical (unpaired) electrons. The van der Waals surface area contributed by atoms with Crippen molar-refractivity contribution in [1.29, 1.82) is 0 Å². The van der Waals surface area contributed by atoms with Gasteiger partial charge in [-0.15, -0.1) is 0 Å². The highest BCUT2D eigenvalue weighted by molar-refractivity contribution is 6.30. The van der Waals surface area contributed by atoms with Crippen LogP contribution in [0.5, 0.6) is 0 Å². The first-order valence-electron chi connectivity index (χ1n) is 5.76. The van der Waals surface area contributed by atoms with Gasteiger partial charge >= 0.3 is 0 Å². The number of piperidine rings is 1. The molecule has 0 amide bonds. The summed E-state index contributed by atoms with van der Waals surface area (Å²) in [6.45, 7) is 6.05. The molecule has 0 spiro atoms. The van der Waals surface area contributed by atoms with Gasteiger partial charge in [-0.05, 0) is 61.5 Å². The molecule has 3 heteroatoms. The molecular formula is C13H17ClFN. The predicted molar refractivity (Wildman–Crippen MR) is 65.5 cm³/mol. The molecule has 1 aromatic carbocycles. The van der Waals surface area contributed by atoms with Crippen LogP contribution >= 0.6 is 11.6 Å². The van der Waals surface area contributed by atoms with Crippen molar-refractivity contribution >= 4 is 11.6 Å². The quantitative estimate of drug-likeness (QED) is 0.794. The van der Waals surface area contributed by atoms with Gasteiger partial charge in [0, 0.05) is 5.02 Å². The van der Waals surface area contributed by atoms with Crippen LogP contribution in [0.1, 0.15) is 30.4 Å². The second-order valence-corrected chi connectivity index (χ2v) is 5.13. The maximum Gasteiger partial charge on any atom is 0.128 e. The van der Waals surface area contributed by atoms with Gasteiger partial charge in [-0.25, -0.2) is 4.39 Å². The normalized spacial score (nSPS) is 25.8. The SMILES string of the molecule is Cc1cc(Cl)cc(F)c1C1CCNC[C@H]1C. The number of aryl methyl sites for hydroxylation is 1. The third-order valence-electron chi connectivity index (χ3n) is 3.46. The molecule has 1 N–H and O–H groups in total. The van der Waals surface area contributed by atoms with Crippen LogP contribution in [0, 0.1) is 18.7 Å². The number of nitrogens with one attached hydrogen (secondary N) is 1. The van der Waals surface area contributed by atoms with Gasteiger partial charge in [-0.2, -0.15) is 0 Å². The maximum absolute atomic E-state index is 14.0. The minimum absolute atomic E-state index is 0.149. The molecular weight excluding hydrogens is 225 g/mol. The first-order valence-corrected chi connectivity index (χ1v) is 6.13. The Hall–Kier alpha value is -0.600. The fourth-order valence-corrected chi connectivity index (χ4v) is 2.89. The van der Waals surface area contributed by atoms with Gasteiger partial charge in [0.2, 0.25) is 0 Å². The average Bonchev–Trinajstić information content (AvgIpc) is 2.19. The summed E-state index contributed by atoms with van der Waals surface area (Å²) >= 11 is 5.85. The summed E-state index contributed by atoms with van der Waals surface area (Å²) in [5.41, 5.74) is 1.84. The lowest BCUT2D eigenvalue weighted by Crippen LogP contribution is -2.34. The van der Waals surface area contributed by atoms with E-state index < -0.39 is 0 Å². The van der Waals surface area contributed by atoms with E-state index in [1.165, 1.54) is 6.07 Å². The maximum atomic E-state index is 14.0. The van der Waals surface area contributed by atoms with Crippen molar-refractivity contribution in [2.24, 2.45) is 5.92 Å². The molecule has 0 saturated carbocycles. The highest BCUT2D eigenvalue weighted by Crippen LogP contribution is 2.35. The van der Waals surface area contributed by atoms with Crippen LogP contribution in [-0.2, 0) is 0 Å². The van der Waals surface area contributed by atoms with Crippen molar-refractivity contribution in [2.45, 2.75) is 26.2 Å². The third-order valence-corrected chi connectivity index (χ3v) is 3.68. The van der Waals surface area contributed by atoms with Gasteiger partial charge in [0.15, 0.2) is 0 Å². The zero-order valence-corrected chi connectivity index (χ0v) is 10.4. The molecule has 0 aromatic heterocycles. The Labute approximate surface area is 101 Å². The number of benzene rings is 1. The minimum atomic E-state index is -0.149. The highest BCUT2D eigenvalue weighted by atomic mass is 35.5. The molecule has 1 unspecified atom stereocenters. The van der Waals surface area contributed by atoms with Crippen LogP contribution in [0.2, 0.25) is 5.02 Å². The van der Waals surface area contributed by atoms with Crippen molar-refractivity contribution in [3.05, 3.63) is 34.1 Å². The van der Waals surface area contributed by atoms with E-state index in [0.29, 0.717) is 16.9 Å². The Balaban J connectivity index is 2.38. The van der Waals surface area contributed by atoms with Crippen LogP contribution in [0.3, 0.4) is 0 Å². The van der Waals surface area contributed by atoms with Gasteiger partial charge in [0.1, 0.15) is 5.82 Å². The smallest absolute Gasteiger partial charge is 0.128 e. The molecule has 1 aliphatic heterocycles. The van der Waals surface area contributed by atoms with E-state index in [1.54, 1.807) is 0 Å². The predicted octanol–water partition coefficient (Wildman–Crippen LogP) is 3.50. The van der Waals surface area contributed by atoms with Gasteiger partial charge in [-0.3, -0.25) is 0 Å². The summed E-state index contributed by atoms with van der Waals surface area (Å²) in [4.78, 5) is 0. The van der Waals surface area contributed by atoms with Crippen LogP contribution < -0.4 is 5.32 Å². The number of hydrogen-bond donors (Lipinski definition) is 1. The summed E-state index contributed by atoms with van der Waals surface area (Å²) in [7, 11) is 0. The topological polar surface area (TPSA) is 12.0 Å². The second-order valence-electron chi connectivity index (χ2n) is 4.69. The van der Waals surface area contributed by atoms with Crippen LogP contribution in [0.4, 0.5) is 4.39 Å². The van der Waals surface area contributed by atoms with E-state index >= 15 is 0 Å². The Morgan fingerprint density at radius 1 is 1.44 bits per heavy atom. The van der Waals surface area contributed by atoms with Gasteiger partial charge in [-0.1, -0.05) is 18.5 Å². The lowest BCUT2D eigenvalue weighted by molar-refractivity contribution is 0.340. The monoisotopic (exact) mass is 241 g/mol. The van der Waals surface area contributed by atoms with E-state index in [4.69, 9.17) is 11.6 Å². The van der Waals surface area contributed by atoms with E-state index in [2.05, 4.69) is 12.2 Å². The van der Waals surface area contributed by atoms with Crippen molar-refractivity contribution in [2.75, 3.05) is 13.1 Å². The lowest BCUT2D eigenvalue weighted by atomic mass is 9.80. The average molecular weight is 242 g/mol. The van der Waals surface area contributed by atoms with E-state index in [9.17, 15) is 4.39 Å². The summed E-state index contributed by atoms with van der Waals surface area (Å²) in [6.07, 6.45) is 1.00. The first kappa shape index (κ1) is 11.9. The van der Waals surface area contributed by atoms with Gasteiger partial charge in [0.05, 0.1) is 0 Å². The zero-order valence-electron chi connectivity index (χ0n) is 9.69. The number of rotatable bonds is 1. The molecule has 0 bridgehead atoms. The Bertz CT molecular complexity index is 369. The second kappa shape index (κ2) is 4.72. The first-order chi connectivity index (χ1) is 7.59. The third kappa shape index (κ3) is 2.23. The summed E-state index contributed by atoms with van der Waals surface area (Å²) < 4.78 is 14.0. The van der Waals surface area contributed by atoms with Crippen molar-refractivity contribution in [3.8, 4) is 0 Å². The highest BCUT2D eigenvalue weighted by Gasteiger charge is 2.26. The van der Waals surface area contributed by atoms with E-state index in [0.717, 1.165) is 30.6 Å². The Morgan fingerprint density at radius 3 is 2.81 bits per heavy atom. The van der Waals surface area contributed by atoms with Crippen molar-refractivity contribution < 1.29 is 4.39 Å². The fourth-order valence-electron chi connectivity index (χ4n) is 2.63.